The van der Waals surface area contributed by atoms with Gasteiger partial charge in [0.2, 0.25) is 0 Å². The van der Waals surface area contributed by atoms with Gasteiger partial charge in [-0.2, -0.15) is 0 Å². The van der Waals surface area contributed by atoms with Crippen molar-refractivity contribution >= 4 is 18.0 Å². The second kappa shape index (κ2) is 8.57. The van der Waals surface area contributed by atoms with Crippen molar-refractivity contribution in [2.45, 2.75) is 31.2 Å². The summed E-state index contributed by atoms with van der Waals surface area (Å²) in [5.41, 5.74) is 2.51. The average Bonchev–Trinajstić information content (AvgIpc) is 3.41. The van der Waals surface area contributed by atoms with Crippen LogP contribution in [0.25, 0.3) is 11.1 Å². The summed E-state index contributed by atoms with van der Waals surface area (Å²) in [5.74, 6) is -2.69. The first-order chi connectivity index (χ1) is 14.2. The highest BCUT2D eigenvalue weighted by molar-refractivity contribution is 5.81. The molecule has 1 fully saturated rings. The minimum absolute atomic E-state index is 0.0219. The summed E-state index contributed by atoms with van der Waals surface area (Å²) in [6, 6.07) is 17.5. The second-order valence-electron chi connectivity index (χ2n) is 8.02. The molecule has 7 nitrogen and oxygen atoms in total. The lowest BCUT2D eigenvalue weighted by Crippen LogP contribution is -2.47. The van der Waals surface area contributed by atoms with Crippen LogP contribution in [-0.4, -0.2) is 52.2 Å². The fourth-order valence-electron chi connectivity index (χ4n) is 3.91. The lowest BCUT2D eigenvalue weighted by Gasteiger charge is -2.25. The minimum atomic E-state index is -1.11. The summed E-state index contributed by atoms with van der Waals surface area (Å²) in [6.45, 7) is 1.19. The van der Waals surface area contributed by atoms with Gasteiger partial charge < -0.3 is 20.4 Å². The Bertz CT molecular complexity index is 928. The number of hydrogen-bond donors (Lipinski definition) is 3. The van der Waals surface area contributed by atoms with Gasteiger partial charge in [0.1, 0.15) is 6.54 Å². The van der Waals surface area contributed by atoms with Crippen LogP contribution in [0.4, 0.5) is 4.79 Å². The van der Waals surface area contributed by atoms with Crippen molar-refractivity contribution in [1.82, 2.24) is 10.2 Å². The monoisotopic (exact) mass is 410 g/mol. The van der Waals surface area contributed by atoms with Crippen molar-refractivity contribution in [3.05, 3.63) is 60.2 Å². The normalized spacial score (nSPS) is 20.8. The highest BCUT2D eigenvalue weighted by atomic mass is 16.4. The number of nitrogens with one attached hydrogen (secondary N) is 1. The largest absolute Gasteiger partial charge is 0.481 e. The number of rotatable bonds is 8. The first kappa shape index (κ1) is 21.4. The molecular formula is C23H26N2O5. The van der Waals surface area contributed by atoms with Gasteiger partial charge in [-0.15, -0.1) is 0 Å². The Morgan fingerprint density at radius 3 is 2.23 bits per heavy atom. The van der Waals surface area contributed by atoms with Gasteiger partial charge in [-0.3, -0.25) is 9.59 Å². The molecule has 0 aliphatic heterocycles. The van der Waals surface area contributed by atoms with Crippen molar-refractivity contribution in [1.29, 1.82) is 0 Å². The van der Waals surface area contributed by atoms with Crippen molar-refractivity contribution < 1.29 is 24.6 Å². The van der Waals surface area contributed by atoms with Gasteiger partial charge in [-0.05, 0) is 29.5 Å². The number of urea groups is 1. The van der Waals surface area contributed by atoms with Crippen LogP contribution in [-0.2, 0) is 9.59 Å². The first-order valence-electron chi connectivity index (χ1n) is 9.85. The predicted molar refractivity (Wildman–Crippen MR) is 112 cm³/mol. The van der Waals surface area contributed by atoms with Crippen LogP contribution in [0.15, 0.2) is 54.6 Å². The molecule has 2 amide bonds. The number of carboxylic acid groups (broad SMARTS) is 2. The van der Waals surface area contributed by atoms with E-state index in [1.807, 2.05) is 54.6 Å². The molecule has 7 heteroatoms. The van der Waals surface area contributed by atoms with Crippen molar-refractivity contribution in [2.24, 2.45) is 5.92 Å². The molecule has 0 radical (unpaired) electrons. The van der Waals surface area contributed by atoms with Gasteiger partial charge in [-0.1, -0.05) is 61.5 Å². The van der Waals surface area contributed by atoms with Gasteiger partial charge in [0, 0.05) is 13.0 Å². The molecule has 1 unspecified atom stereocenters. The molecule has 158 valence electrons. The van der Waals surface area contributed by atoms with E-state index in [-0.39, 0.29) is 12.3 Å². The zero-order valence-corrected chi connectivity index (χ0v) is 17.0. The summed E-state index contributed by atoms with van der Waals surface area (Å²) in [6.07, 6.45) is 0.891. The summed E-state index contributed by atoms with van der Waals surface area (Å²) in [7, 11) is 1.41. The van der Waals surface area contributed by atoms with Crippen LogP contribution in [0.1, 0.15) is 31.2 Å². The van der Waals surface area contributed by atoms with E-state index < -0.39 is 36.0 Å². The molecule has 3 N–H and O–H groups in total. The Labute approximate surface area is 175 Å². The molecule has 2 aromatic carbocycles. The molecule has 3 atom stereocenters. The van der Waals surface area contributed by atoms with Gasteiger partial charge in [0.15, 0.2) is 0 Å². The standard InChI is InChI=1S/C23H26N2O5/c1-15(21(28)29)12-23(24-22(30)25(2)14-20(26)27)13-19(23)18-10-8-17(9-11-18)16-6-4-3-5-7-16/h3-11,15,19H,12-14H2,1-2H3,(H,24,30)(H,26,27)(H,28,29)/t15-,19+,23?/m1/s1. The number of amides is 2. The number of benzene rings is 2. The van der Waals surface area contributed by atoms with Crippen LogP contribution in [0.5, 0.6) is 0 Å². The second-order valence-corrected chi connectivity index (χ2v) is 8.02. The van der Waals surface area contributed by atoms with Crippen LogP contribution >= 0.6 is 0 Å². The van der Waals surface area contributed by atoms with Crippen molar-refractivity contribution in [3.63, 3.8) is 0 Å². The highest BCUT2D eigenvalue weighted by Gasteiger charge is 2.57. The topological polar surface area (TPSA) is 107 Å². The Hall–Kier alpha value is -3.35. The maximum absolute atomic E-state index is 12.5. The number of carboxylic acids is 2. The first-order valence-corrected chi connectivity index (χ1v) is 9.85. The van der Waals surface area contributed by atoms with Crippen molar-refractivity contribution in [2.75, 3.05) is 13.6 Å². The van der Waals surface area contributed by atoms with E-state index in [0.29, 0.717) is 6.42 Å². The molecule has 0 bridgehead atoms. The zero-order chi connectivity index (χ0) is 21.9. The van der Waals surface area contributed by atoms with Gasteiger partial charge in [0.05, 0.1) is 11.5 Å². The molecule has 0 spiro atoms. The van der Waals surface area contributed by atoms with Crippen molar-refractivity contribution in [3.8, 4) is 11.1 Å². The SMILES string of the molecule is C[C@H](CC1(NC(=O)N(C)CC(=O)O)C[C@H]1c1ccc(-c2ccccc2)cc1)C(=O)O. The van der Waals surface area contributed by atoms with E-state index in [1.165, 1.54) is 7.05 Å². The zero-order valence-electron chi connectivity index (χ0n) is 17.0. The van der Waals surface area contributed by atoms with E-state index in [2.05, 4.69) is 5.32 Å². The summed E-state index contributed by atoms with van der Waals surface area (Å²) in [4.78, 5) is 35.9. The molecule has 0 aromatic heterocycles. The predicted octanol–water partition coefficient (Wildman–Crippen LogP) is 3.42. The third kappa shape index (κ3) is 4.79. The maximum atomic E-state index is 12.5. The molecule has 1 aliphatic carbocycles. The van der Waals surface area contributed by atoms with Gasteiger partial charge >= 0.3 is 18.0 Å². The lowest BCUT2D eigenvalue weighted by atomic mass is 9.94. The van der Waals surface area contributed by atoms with E-state index >= 15 is 0 Å². The fourth-order valence-corrected chi connectivity index (χ4v) is 3.91. The molecule has 30 heavy (non-hydrogen) atoms. The number of carbonyl (C=O) groups excluding carboxylic acids is 1. The molecule has 0 saturated heterocycles. The summed E-state index contributed by atoms with van der Waals surface area (Å²) in [5, 5.41) is 21.2. The number of nitrogens with zero attached hydrogens (tertiary/aromatic N) is 1. The molecule has 2 aromatic rings. The van der Waals surface area contributed by atoms with E-state index in [4.69, 9.17) is 5.11 Å². The maximum Gasteiger partial charge on any atom is 0.323 e. The van der Waals surface area contributed by atoms with E-state index in [1.54, 1.807) is 6.92 Å². The Kier molecular flexibility index (Phi) is 6.10. The van der Waals surface area contributed by atoms with Gasteiger partial charge in [-0.25, -0.2) is 4.79 Å². The summed E-state index contributed by atoms with van der Waals surface area (Å²) < 4.78 is 0. The Morgan fingerprint density at radius 1 is 1.07 bits per heavy atom. The molecule has 3 rings (SSSR count). The highest BCUT2D eigenvalue weighted by Crippen LogP contribution is 2.55. The minimum Gasteiger partial charge on any atom is -0.481 e. The molecule has 1 saturated carbocycles. The summed E-state index contributed by atoms with van der Waals surface area (Å²) >= 11 is 0. The Balaban J connectivity index is 1.78. The third-order valence-corrected chi connectivity index (χ3v) is 5.66. The number of aliphatic carboxylic acids is 2. The van der Waals surface area contributed by atoms with E-state index in [0.717, 1.165) is 21.6 Å². The smallest absolute Gasteiger partial charge is 0.323 e. The number of carbonyl (C=O) groups is 3. The lowest BCUT2D eigenvalue weighted by molar-refractivity contribution is -0.141. The molecular weight excluding hydrogens is 384 g/mol. The average molecular weight is 410 g/mol. The van der Waals surface area contributed by atoms with Crippen LogP contribution in [0, 0.1) is 5.92 Å². The molecule has 1 aliphatic rings. The number of hydrogen-bond acceptors (Lipinski definition) is 3. The third-order valence-electron chi connectivity index (χ3n) is 5.66. The van der Waals surface area contributed by atoms with Crippen LogP contribution < -0.4 is 5.32 Å². The molecule has 0 heterocycles. The quantitative estimate of drug-likeness (QED) is 0.618. The van der Waals surface area contributed by atoms with Gasteiger partial charge in [0.25, 0.3) is 0 Å². The van der Waals surface area contributed by atoms with E-state index in [9.17, 15) is 19.5 Å². The van der Waals surface area contributed by atoms with Crippen LogP contribution in [0.2, 0.25) is 0 Å². The number of likely N-dealkylation sites (N-methyl/N-ethyl adjacent to an activating group) is 1. The Morgan fingerprint density at radius 2 is 1.67 bits per heavy atom. The van der Waals surface area contributed by atoms with Crippen LogP contribution in [0.3, 0.4) is 0 Å². The fraction of sp³-hybridized carbons (Fsp3) is 0.348.